The van der Waals surface area contributed by atoms with Crippen LogP contribution in [0.5, 0.6) is 0 Å². The van der Waals surface area contributed by atoms with Gasteiger partial charge in [0.05, 0.1) is 13.7 Å². The first kappa shape index (κ1) is 60.8. The summed E-state index contributed by atoms with van der Waals surface area (Å²) >= 11 is 24.5. The van der Waals surface area contributed by atoms with E-state index in [0.29, 0.717) is 75.8 Å². The van der Waals surface area contributed by atoms with Crippen LogP contribution in [-0.4, -0.2) is 147 Å². The number of carbonyl (C=O) groups excluding carboxylic acids is 1. The lowest BCUT2D eigenvalue weighted by Crippen LogP contribution is -2.58. The molecular weight excluding hydrogens is 1150 g/mol. The van der Waals surface area contributed by atoms with Gasteiger partial charge < -0.3 is 31.1 Å². The molecule has 74 heavy (non-hydrogen) atoms. The number of benzene rings is 2. The number of carbonyl (C=O) groups is 1. The first-order valence-electron chi connectivity index (χ1n) is 24.7. The highest BCUT2D eigenvalue weighted by Gasteiger charge is 2.36. The number of aromatic nitrogens is 4. The fourth-order valence-corrected chi connectivity index (χ4v) is 10.9. The minimum absolute atomic E-state index is 0. The lowest BCUT2D eigenvalue weighted by Gasteiger charge is -2.47. The van der Waals surface area contributed by atoms with Crippen LogP contribution in [0.15, 0.2) is 36.4 Å². The van der Waals surface area contributed by atoms with Gasteiger partial charge in [0.1, 0.15) is 23.1 Å². The van der Waals surface area contributed by atoms with E-state index in [1.165, 1.54) is 19.2 Å². The van der Waals surface area contributed by atoms with E-state index in [0.717, 1.165) is 104 Å². The molecule has 0 amide bonds. The second kappa shape index (κ2) is 29.5. The Hall–Kier alpha value is -4.06. The smallest absolute Gasteiger partial charge is 0.360 e. The normalized spacial score (nSPS) is 19.2. The molecular formula is C52H67Cl4F2IN12O3. The number of hydrogen-bond donors (Lipinski definition) is 3. The highest BCUT2D eigenvalue weighted by Crippen LogP contribution is 2.33. The van der Waals surface area contributed by atoms with Crippen LogP contribution >= 0.6 is 70.4 Å². The molecule has 0 radical (unpaired) electrons. The fraction of sp³-hybridized carbons (Fsp3) is 0.519. The number of aliphatic hydroxyl groups is 1. The third kappa shape index (κ3) is 16.0. The van der Waals surface area contributed by atoms with Gasteiger partial charge in [0.25, 0.3) is 0 Å². The Balaban J connectivity index is 0.000000248. The number of terminal acetylenes is 1. The van der Waals surface area contributed by atoms with Gasteiger partial charge >= 0.3 is 5.97 Å². The number of piperazine rings is 2. The molecule has 2 aromatic heterocycles. The van der Waals surface area contributed by atoms with Crippen molar-refractivity contribution in [3.8, 4) is 24.2 Å². The maximum atomic E-state index is 14.2. The zero-order valence-electron chi connectivity index (χ0n) is 42.4. The molecule has 15 nitrogen and oxygen atoms in total. The van der Waals surface area contributed by atoms with E-state index in [9.17, 15) is 18.7 Å². The number of ether oxygens (including phenoxy) is 1. The molecule has 4 aliphatic rings. The number of rotatable bonds is 12. The second-order valence-corrected chi connectivity index (χ2v) is 20.0. The van der Waals surface area contributed by atoms with Crippen molar-refractivity contribution < 1.29 is 23.4 Å². The maximum Gasteiger partial charge on any atom is 0.360 e. The van der Waals surface area contributed by atoms with Crippen LogP contribution < -0.4 is 21.3 Å². The van der Waals surface area contributed by atoms with Crippen LogP contribution in [0.2, 0.25) is 20.4 Å². The van der Waals surface area contributed by atoms with Gasteiger partial charge in [0, 0.05) is 97.7 Å². The number of aliphatic hydroxyl groups excluding tert-OH is 1. The molecule has 8 rings (SSSR count). The molecule has 6 heterocycles. The summed E-state index contributed by atoms with van der Waals surface area (Å²) in [5.74, 6) is 7.24. The van der Waals surface area contributed by atoms with E-state index in [1.807, 2.05) is 0 Å². The Morgan fingerprint density at radius 1 is 0.730 bits per heavy atom. The zero-order chi connectivity index (χ0) is 52.8. The van der Waals surface area contributed by atoms with Crippen molar-refractivity contribution in [3.63, 3.8) is 0 Å². The van der Waals surface area contributed by atoms with Crippen LogP contribution in [0, 0.1) is 35.8 Å². The van der Waals surface area contributed by atoms with Gasteiger partial charge in [0.15, 0.2) is 33.5 Å². The Morgan fingerprint density at radius 3 is 1.55 bits per heavy atom. The summed E-state index contributed by atoms with van der Waals surface area (Å²) in [6, 6.07) is 11.5. The molecule has 0 spiro atoms. The van der Waals surface area contributed by atoms with Crippen LogP contribution in [0.4, 0.5) is 32.1 Å². The summed E-state index contributed by atoms with van der Waals surface area (Å²) in [6.45, 7) is 15.6. The first-order valence-corrected chi connectivity index (χ1v) is 26.2. The largest absolute Gasteiger partial charge is 0.464 e. The van der Waals surface area contributed by atoms with E-state index in [1.54, 1.807) is 31.2 Å². The van der Waals surface area contributed by atoms with Gasteiger partial charge in [-0.05, 0) is 108 Å². The fourth-order valence-electron chi connectivity index (χ4n) is 10.1. The molecule has 2 atom stereocenters. The summed E-state index contributed by atoms with van der Waals surface area (Å²) in [6.07, 6.45) is 10.9. The SMILES string of the molecule is C#CC#CC.CC[C@H]1CN(c2nc(N)c(C(=O)OC)nc2Cl)CCN1C1CCN(Cc2ccc(Cl)cc2F)CC1.CC[C@H]1CN(c2nc(N)c(CO)nc2Cl)CCN1C1CCN(Cc2ccc(Cl)cc2F)CC1.I. The molecule has 0 bridgehead atoms. The molecule has 4 aromatic rings. The number of nitrogen functional groups attached to an aromatic ring is 2. The van der Waals surface area contributed by atoms with Gasteiger partial charge in [-0.3, -0.25) is 19.6 Å². The molecule has 4 fully saturated rings. The topological polar surface area (TPSA) is 170 Å². The molecule has 2 aromatic carbocycles. The third-order valence-corrected chi connectivity index (χ3v) is 15.0. The molecule has 4 saturated heterocycles. The number of piperidine rings is 2. The van der Waals surface area contributed by atoms with Crippen molar-refractivity contribution in [2.45, 2.75) is 103 Å². The van der Waals surface area contributed by atoms with Crippen LogP contribution in [0.3, 0.4) is 0 Å². The predicted octanol–water partition coefficient (Wildman–Crippen LogP) is 8.68. The van der Waals surface area contributed by atoms with Crippen molar-refractivity contribution in [1.82, 2.24) is 39.5 Å². The number of hydrogen-bond acceptors (Lipinski definition) is 15. The van der Waals surface area contributed by atoms with Crippen molar-refractivity contribution in [2.24, 2.45) is 0 Å². The minimum Gasteiger partial charge on any atom is -0.464 e. The maximum absolute atomic E-state index is 14.2. The monoisotopic (exact) mass is 1210 g/mol. The van der Waals surface area contributed by atoms with Crippen LogP contribution in [0.1, 0.15) is 86.6 Å². The van der Waals surface area contributed by atoms with Crippen LogP contribution in [-0.2, 0) is 24.4 Å². The summed E-state index contributed by atoms with van der Waals surface area (Å²) in [7, 11) is 1.26. The summed E-state index contributed by atoms with van der Waals surface area (Å²) < 4.78 is 33.1. The molecule has 402 valence electrons. The van der Waals surface area contributed by atoms with Crippen molar-refractivity contribution in [1.29, 1.82) is 0 Å². The molecule has 22 heteroatoms. The number of likely N-dealkylation sites (tertiary alicyclic amines) is 2. The Morgan fingerprint density at radius 2 is 1.18 bits per heavy atom. The third-order valence-electron chi connectivity index (χ3n) is 14.0. The lowest BCUT2D eigenvalue weighted by atomic mass is 9.98. The van der Waals surface area contributed by atoms with E-state index in [-0.39, 0.29) is 69.9 Å². The number of nitrogens with zero attached hydrogens (tertiary/aromatic N) is 10. The van der Waals surface area contributed by atoms with Gasteiger partial charge in [-0.1, -0.05) is 78.3 Å². The van der Waals surface area contributed by atoms with E-state index in [2.05, 4.69) is 80.9 Å². The predicted molar refractivity (Wildman–Crippen MR) is 303 cm³/mol. The number of nitrogens with two attached hydrogens (primary N) is 2. The molecule has 0 unspecified atom stereocenters. The Kier molecular flexibility index (Phi) is 24.2. The van der Waals surface area contributed by atoms with E-state index < -0.39 is 5.97 Å². The Labute approximate surface area is 471 Å². The summed E-state index contributed by atoms with van der Waals surface area (Å²) in [5, 5.41) is 10.6. The quantitative estimate of drug-likeness (QED) is 0.0699. The average molecular weight is 1210 g/mol. The van der Waals surface area contributed by atoms with Gasteiger partial charge in [-0.15, -0.1) is 30.4 Å². The zero-order valence-corrected chi connectivity index (χ0v) is 47.7. The van der Waals surface area contributed by atoms with Gasteiger partial charge in [0.2, 0.25) is 0 Å². The number of anilines is 4. The molecule has 0 aliphatic carbocycles. The summed E-state index contributed by atoms with van der Waals surface area (Å²) in [4.78, 5) is 43.1. The Bertz CT molecular complexity index is 2610. The number of halogens is 7. The highest BCUT2D eigenvalue weighted by atomic mass is 127. The average Bonchev–Trinajstić information content (AvgIpc) is 3.39. The standard InChI is InChI=1S/C24H31Cl2FN6O2.C23H31Cl2FN6O.C5H4.HI/c1-3-17-14-32(23-21(26)29-20(22(28)30-23)24(34)35-2)10-11-33(17)18-6-8-31(9-7-18)13-15-4-5-16(25)12-19(15)27;1-2-17-13-31(23-21(25)28-20(14-33)22(27)29-23)9-10-32(17)18-5-7-30(8-6-18)12-15-3-4-16(24)11-19(15)26;1-3-5-4-2;/h4-5,12,17-18H,3,6-11,13-14H2,1-2H3,(H2,28,30);3-4,11,17-18,33H,2,5-10,12-14H2,1H3,(H2,27,29);1H,2H3;1H/t2*17-;;/m00../s1. The lowest BCUT2D eigenvalue weighted by molar-refractivity contribution is 0.0593. The van der Waals surface area contributed by atoms with Crippen molar-refractivity contribution in [3.05, 3.63) is 90.9 Å². The van der Waals surface area contributed by atoms with E-state index >= 15 is 0 Å². The molecule has 0 saturated carbocycles. The van der Waals surface area contributed by atoms with Gasteiger partial charge in [-0.25, -0.2) is 33.5 Å². The van der Waals surface area contributed by atoms with Crippen LogP contribution in [0.25, 0.3) is 0 Å². The minimum atomic E-state index is -0.662. The first-order chi connectivity index (χ1) is 35.1. The number of methoxy groups -OCH3 is 1. The molecule has 4 aliphatic heterocycles. The van der Waals surface area contributed by atoms with Crippen molar-refractivity contribution in [2.75, 3.05) is 93.8 Å². The second-order valence-electron chi connectivity index (χ2n) is 18.4. The number of esters is 1. The van der Waals surface area contributed by atoms with E-state index in [4.69, 9.17) is 69.0 Å². The van der Waals surface area contributed by atoms with Gasteiger partial charge in [-0.2, -0.15) is 0 Å². The highest BCUT2D eigenvalue weighted by molar-refractivity contribution is 14.0. The summed E-state index contributed by atoms with van der Waals surface area (Å²) in [5.41, 5.74) is 13.5. The van der Waals surface area contributed by atoms with Crippen molar-refractivity contribution >= 4 is 99.6 Å². The molecule has 5 N–H and O–H groups in total.